The number of aryl methyl sites for hydroxylation is 1. The first-order valence-electron chi connectivity index (χ1n) is 12.5. The maximum atomic E-state index is 12.7. The van der Waals surface area contributed by atoms with Crippen LogP contribution in [0.2, 0.25) is 0 Å². The number of fused-ring (bicyclic) bond motifs is 2. The van der Waals surface area contributed by atoms with Crippen molar-refractivity contribution in [3.8, 4) is 17.2 Å². The number of hydrogen-bond acceptors (Lipinski definition) is 7. The van der Waals surface area contributed by atoms with Crippen LogP contribution in [0, 0.1) is 11.3 Å². The SMILES string of the molecule is C[C@@H](O)c1cc2nccc(-c3cc(C#N)cc4c3N([C@@H]3CCN(C(=O)OC(C)(C)C)C3)CCC4)c2s1. The number of aliphatic hydroxyl groups is 1. The first kappa shape index (κ1) is 24.5. The van der Waals surface area contributed by atoms with Crippen LogP contribution in [0.5, 0.6) is 0 Å². The molecule has 2 atom stereocenters. The number of anilines is 1. The molecule has 1 N–H and O–H groups in total. The lowest BCUT2D eigenvalue weighted by Crippen LogP contribution is -2.43. The van der Waals surface area contributed by atoms with Gasteiger partial charge in [0.05, 0.1) is 28.0 Å². The van der Waals surface area contributed by atoms with Crippen molar-refractivity contribution in [2.45, 2.75) is 64.7 Å². The smallest absolute Gasteiger partial charge is 0.410 e. The fourth-order valence-corrected chi connectivity index (χ4v) is 6.35. The van der Waals surface area contributed by atoms with E-state index in [1.54, 1.807) is 24.5 Å². The van der Waals surface area contributed by atoms with E-state index in [9.17, 15) is 15.2 Å². The molecule has 0 spiro atoms. The van der Waals surface area contributed by atoms with E-state index in [-0.39, 0.29) is 12.1 Å². The molecule has 1 saturated heterocycles. The van der Waals surface area contributed by atoms with Crippen LogP contribution in [0.1, 0.15) is 62.6 Å². The number of benzene rings is 1. The summed E-state index contributed by atoms with van der Waals surface area (Å²) in [5, 5.41) is 20.0. The minimum absolute atomic E-state index is 0.178. The molecule has 2 aromatic heterocycles. The third-order valence-corrected chi connectivity index (χ3v) is 8.17. The summed E-state index contributed by atoms with van der Waals surface area (Å²) in [7, 11) is 0. The Labute approximate surface area is 215 Å². The molecule has 0 unspecified atom stereocenters. The second-order valence-electron chi connectivity index (χ2n) is 10.7. The van der Waals surface area contributed by atoms with Crippen LogP contribution in [0.3, 0.4) is 0 Å². The van der Waals surface area contributed by atoms with Crippen molar-refractivity contribution in [1.29, 1.82) is 5.26 Å². The van der Waals surface area contributed by atoms with E-state index in [4.69, 9.17) is 4.74 Å². The number of amides is 1. The Bertz CT molecular complexity index is 1350. The summed E-state index contributed by atoms with van der Waals surface area (Å²) in [4.78, 5) is 22.4. The van der Waals surface area contributed by atoms with Gasteiger partial charge in [0.1, 0.15) is 5.60 Å². The van der Waals surface area contributed by atoms with Crippen LogP contribution in [0.4, 0.5) is 10.5 Å². The van der Waals surface area contributed by atoms with Gasteiger partial charge in [0.2, 0.25) is 0 Å². The van der Waals surface area contributed by atoms with Gasteiger partial charge in [-0.05, 0) is 76.8 Å². The highest BCUT2D eigenvalue weighted by Crippen LogP contribution is 2.44. The highest BCUT2D eigenvalue weighted by molar-refractivity contribution is 7.19. The molecule has 2 aliphatic rings. The number of aliphatic hydroxyl groups excluding tert-OH is 1. The fourth-order valence-electron chi connectivity index (χ4n) is 5.27. The molecule has 3 aromatic rings. The molecule has 4 heterocycles. The minimum Gasteiger partial charge on any atom is -0.444 e. The number of thiophene rings is 1. The summed E-state index contributed by atoms with van der Waals surface area (Å²) in [6, 6.07) is 10.5. The van der Waals surface area contributed by atoms with Gasteiger partial charge in [0.15, 0.2) is 0 Å². The first-order valence-corrected chi connectivity index (χ1v) is 13.3. The Hall–Kier alpha value is -3.15. The van der Waals surface area contributed by atoms with E-state index in [1.165, 1.54) is 5.56 Å². The van der Waals surface area contributed by atoms with Crippen LogP contribution in [0.25, 0.3) is 21.3 Å². The lowest BCUT2D eigenvalue weighted by atomic mass is 9.90. The van der Waals surface area contributed by atoms with Crippen molar-refractivity contribution < 1.29 is 14.6 Å². The zero-order valence-electron chi connectivity index (χ0n) is 21.2. The molecule has 36 heavy (non-hydrogen) atoms. The van der Waals surface area contributed by atoms with E-state index in [0.717, 1.165) is 57.7 Å². The zero-order chi connectivity index (χ0) is 25.6. The van der Waals surface area contributed by atoms with Crippen LogP contribution < -0.4 is 4.90 Å². The summed E-state index contributed by atoms with van der Waals surface area (Å²) in [6.45, 7) is 9.62. The summed E-state index contributed by atoms with van der Waals surface area (Å²) in [5.74, 6) is 0. The summed E-state index contributed by atoms with van der Waals surface area (Å²) in [5.41, 5.74) is 5.34. The molecular formula is C28H32N4O3S. The van der Waals surface area contributed by atoms with Gasteiger partial charge >= 0.3 is 6.09 Å². The summed E-state index contributed by atoms with van der Waals surface area (Å²) >= 11 is 1.55. The standard InChI is InChI=1S/C28H32N4O3S/c1-17(33)24-14-23-26(36-24)21(7-9-30-23)22-13-18(15-29)12-19-6-5-10-32(25(19)22)20-8-11-31(16-20)27(34)35-28(2,3)4/h7,9,12-14,17,20,33H,5-6,8,10-11,16H2,1-4H3/t17-,20-/m1/s1. The Kier molecular flexibility index (Phi) is 6.39. The highest BCUT2D eigenvalue weighted by Gasteiger charge is 2.36. The molecule has 0 saturated carbocycles. The average molecular weight is 505 g/mol. The largest absolute Gasteiger partial charge is 0.444 e. The maximum Gasteiger partial charge on any atom is 0.410 e. The molecule has 1 fully saturated rings. The van der Waals surface area contributed by atoms with E-state index in [0.29, 0.717) is 18.7 Å². The number of carbonyl (C=O) groups is 1. The van der Waals surface area contributed by atoms with Crippen LogP contribution in [-0.2, 0) is 11.2 Å². The van der Waals surface area contributed by atoms with Gasteiger partial charge in [-0.3, -0.25) is 4.98 Å². The summed E-state index contributed by atoms with van der Waals surface area (Å²) < 4.78 is 6.64. The minimum atomic E-state index is -0.565. The topological polar surface area (TPSA) is 89.7 Å². The van der Waals surface area contributed by atoms with Crippen LogP contribution in [-0.4, -0.2) is 52.4 Å². The normalized spacial score (nSPS) is 18.7. The van der Waals surface area contributed by atoms with Crippen molar-refractivity contribution >= 4 is 33.3 Å². The predicted octanol–water partition coefficient (Wildman–Crippen LogP) is 5.65. The average Bonchev–Trinajstić information content (AvgIpc) is 3.49. The Morgan fingerprint density at radius 2 is 2.08 bits per heavy atom. The second kappa shape index (κ2) is 9.38. The maximum absolute atomic E-state index is 12.7. The summed E-state index contributed by atoms with van der Waals surface area (Å²) in [6.07, 6.45) is 3.76. The van der Waals surface area contributed by atoms with E-state index < -0.39 is 11.7 Å². The van der Waals surface area contributed by atoms with Gasteiger partial charge in [-0.2, -0.15) is 5.26 Å². The number of hydrogen-bond donors (Lipinski definition) is 1. The molecule has 7 nitrogen and oxygen atoms in total. The predicted molar refractivity (Wildman–Crippen MR) is 142 cm³/mol. The molecule has 0 radical (unpaired) electrons. The Morgan fingerprint density at radius 3 is 2.81 bits per heavy atom. The van der Waals surface area contributed by atoms with E-state index in [1.807, 2.05) is 49.9 Å². The molecule has 0 aliphatic carbocycles. The van der Waals surface area contributed by atoms with Crippen LogP contribution in [0.15, 0.2) is 30.5 Å². The van der Waals surface area contributed by atoms with Gasteiger partial charge in [0.25, 0.3) is 0 Å². The lowest BCUT2D eigenvalue weighted by Gasteiger charge is -2.38. The first-order chi connectivity index (χ1) is 17.1. The van der Waals surface area contributed by atoms with E-state index in [2.05, 4.69) is 16.0 Å². The Morgan fingerprint density at radius 1 is 1.28 bits per heavy atom. The molecule has 188 valence electrons. The molecule has 0 bridgehead atoms. The van der Waals surface area contributed by atoms with Crippen molar-refractivity contribution in [2.75, 3.05) is 24.5 Å². The second-order valence-corrected chi connectivity index (χ2v) is 11.8. The van der Waals surface area contributed by atoms with Gasteiger partial charge in [-0.1, -0.05) is 0 Å². The van der Waals surface area contributed by atoms with Crippen molar-refractivity contribution in [1.82, 2.24) is 9.88 Å². The molecule has 2 aliphatic heterocycles. The molecule has 8 heteroatoms. The number of nitrogens with zero attached hydrogens (tertiary/aromatic N) is 4. The quantitative estimate of drug-likeness (QED) is 0.496. The number of carbonyl (C=O) groups excluding carboxylic acids is 1. The van der Waals surface area contributed by atoms with Crippen molar-refractivity contribution in [3.05, 3.63) is 46.5 Å². The van der Waals surface area contributed by atoms with Gasteiger partial charge < -0.3 is 19.6 Å². The number of ether oxygens (including phenoxy) is 1. The third kappa shape index (κ3) is 4.65. The number of rotatable bonds is 3. The number of likely N-dealkylation sites (tertiary alicyclic amines) is 1. The number of pyridine rings is 1. The number of aromatic nitrogens is 1. The lowest BCUT2D eigenvalue weighted by molar-refractivity contribution is 0.0292. The van der Waals surface area contributed by atoms with Crippen molar-refractivity contribution in [2.24, 2.45) is 0 Å². The molecule has 5 rings (SSSR count). The molecular weight excluding hydrogens is 472 g/mol. The van der Waals surface area contributed by atoms with Crippen molar-refractivity contribution in [3.63, 3.8) is 0 Å². The molecule has 1 amide bonds. The zero-order valence-corrected chi connectivity index (χ0v) is 22.1. The fraction of sp³-hybridized carbons (Fsp3) is 0.464. The molecule has 1 aromatic carbocycles. The van der Waals surface area contributed by atoms with Gasteiger partial charge in [-0.15, -0.1) is 11.3 Å². The van der Waals surface area contributed by atoms with Crippen LogP contribution >= 0.6 is 11.3 Å². The third-order valence-electron chi connectivity index (χ3n) is 6.84. The van der Waals surface area contributed by atoms with Gasteiger partial charge in [0, 0.05) is 53.6 Å². The highest BCUT2D eigenvalue weighted by atomic mass is 32.1. The van der Waals surface area contributed by atoms with E-state index >= 15 is 0 Å². The Balaban J connectivity index is 1.57. The van der Waals surface area contributed by atoms with Gasteiger partial charge in [-0.25, -0.2) is 4.79 Å². The monoisotopic (exact) mass is 504 g/mol. The number of nitriles is 1.